The van der Waals surface area contributed by atoms with Crippen LogP contribution in [-0.4, -0.2) is 77.6 Å². The number of piperidine rings is 1. The third-order valence-electron chi connectivity index (χ3n) is 5.58. The van der Waals surface area contributed by atoms with Crippen molar-refractivity contribution in [1.29, 1.82) is 0 Å². The maximum absolute atomic E-state index is 11.8. The maximum Gasteiger partial charge on any atom is 0.245 e. The first-order valence-corrected chi connectivity index (χ1v) is 10.1. The lowest BCUT2D eigenvalue weighted by Crippen LogP contribution is -2.49. The van der Waals surface area contributed by atoms with Crippen LogP contribution in [-0.2, 0) is 19.8 Å². The van der Waals surface area contributed by atoms with Gasteiger partial charge in [0.05, 0.1) is 25.9 Å². The van der Waals surface area contributed by atoms with Crippen molar-refractivity contribution in [2.75, 3.05) is 46.6 Å². The predicted molar refractivity (Wildman–Crippen MR) is 104 cm³/mol. The summed E-state index contributed by atoms with van der Waals surface area (Å²) in [6, 6.07) is 0.401. The minimum absolute atomic E-state index is 0.0198. The topological polar surface area (TPSA) is 94.4 Å². The van der Waals surface area contributed by atoms with E-state index in [4.69, 9.17) is 9.47 Å². The maximum atomic E-state index is 11.8. The highest BCUT2D eigenvalue weighted by Gasteiger charge is 2.38. The Balaban J connectivity index is 1.60. The summed E-state index contributed by atoms with van der Waals surface area (Å²) in [4.78, 5) is 13.6. The van der Waals surface area contributed by atoms with E-state index < -0.39 is 5.54 Å². The van der Waals surface area contributed by atoms with Gasteiger partial charge in [-0.1, -0.05) is 6.58 Å². The Morgan fingerprint density at radius 2 is 2.07 bits per heavy atom. The lowest BCUT2D eigenvalue weighted by molar-refractivity contribution is -0.127. The molecule has 1 unspecified atom stereocenters. The van der Waals surface area contributed by atoms with E-state index in [0.29, 0.717) is 31.8 Å². The van der Waals surface area contributed by atoms with Crippen molar-refractivity contribution >= 4 is 5.91 Å². The minimum atomic E-state index is -0.478. The van der Waals surface area contributed by atoms with Crippen molar-refractivity contribution < 1.29 is 14.3 Å². The Morgan fingerprint density at radius 1 is 1.32 bits per heavy atom. The molecule has 28 heavy (non-hydrogen) atoms. The number of carbonyl (C=O) groups is 1. The van der Waals surface area contributed by atoms with Gasteiger partial charge in [-0.15, -0.1) is 5.10 Å². The zero-order valence-corrected chi connectivity index (χ0v) is 17.0. The molecule has 1 aromatic heterocycles. The number of tetrazole rings is 1. The van der Waals surface area contributed by atoms with Gasteiger partial charge in [0, 0.05) is 20.2 Å². The van der Waals surface area contributed by atoms with Crippen LogP contribution >= 0.6 is 0 Å². The van der Waals surface area contributed by atoms with E-state index in [9.17, 15) is 4.79 Å². The zero-order valence-electron chi connectivity index (χ0n) is 17.0. The Hall–Kier alpha value is -1.84. The molecule has 9 heteroatoms. The second-order valence-electron chi connectivity index (χ2n) is 7.91. The third-order valence-corrected chi connectivity index (χ3v) is 5.58. The average Bonchev–Trinajstić information content (AvgIpc) is 3.45. The number of methoxy groups -OCH3 is 1. The van der Waals surface area contributed by atoms with Crippen molar-refractivity contribution in [3.63, 3.8) is 0 Å². The summed E-state index contributed by atoms with van der Waals surface area (Å²) in [6.07, 6.45) is 5.58. The van der Waals surface area contributed by atoms with Crippen molar-refractivity contribution in [3.8, 4) is 0 Å². The van der Waals surface area contributed by atoms with E-state index in [0.717, 1.165) is 51.1 Å². The van der Waals surface area contributed by atoms with E-state index in [1.165, 1.54) is 6.08 Å². The molecule has 0 aromatic carbocycles. The van der Waals surface area contributed by atoms with E-state index >= 15 is 0 Å². The number of ether oxygens (including phenoxy) is 2. The number of rotatable bonds is 11. The van der Waals surface area contributed by atoms with Crippen LogP contribution < -0.4 is 5.32 Å². The minimum Gasteiger partial charge on any atom is -0.382 e. The first-order valence-electron chi connectivity index (χ1n) is 10.1. The molecule has 2 aliphatic rings. The smallest absolute Gasteiger partial charge is 0.245 e. The van der Waals surface area contributed by atoms with Gasteiger partial charge < -0.3 is 19.7 Å². The fourth-order valence-corrected chi connectivity index (χ4v) is 3.59. The van der Waals surface area contributed by atoms with Crippen LogP contribution in [0.25, 0.3) is 0 Å². The summed E-state index contributed by atoms with van der Waals surface area (Å²) in [6.45, 7) is 9.61. The number of amides is 1. The lowest BCUT2D eigenvalue weighted by Gasteiger charge is -2.35. The molecule has 1 saturated carbocycles. The number of hydrogen-bond donors (Lipinski definition) is 1. The van der Waals surface area contributed by atoms with E-state index in [-0.39, 0.29) is 5.91 Å². The molecule has 1 aliphatic carbocycles. The van der Waals surface area contributed by atoms with Gasteiger partial charge in [-0.2, -0.15) is 0 Å². The second kappa shape index (κ2) is 9.58. The molecule has 156 valence electrons. The fraction of sp³-hybridized carbons (Fsp3) is 0.789. The van der Waals surface area contributed by atoms with Gasteiger partial charge >= 0.3 is 0 Å². The normalized spacial score (nSPS) is 20.1. The van der Waals surface area contributed by atoms with Gasteiger partial charge in [0.1, 0.15) is 5.54 Å². The molecule has 0 bridgehead atoms. The van der Waals surface area contributed by atoms with Crippen LogP contribution in [0.15, 0.2) is 12.7 Å². The second-order valence-corrected chi connectivity index (χ2v) is 7.91. The molecular weight excluding hydrogens is 360 g/mol. The monoisotopic (exact) mass is 392 g/mol. The third kappa shape index (κ3) is 5.15. The molecule has 1 aliphatic heterocycles. The van der Waals surface area contributed by atoms with Crippen LogP contribution in [0, 0.1) is 5.92 Å². The molecule has 1 saturated heterocycles. The largest absolute Gasteiger partial charge is 0.382 e. The lowest BCUT2D eigenvalue weighted by atomic mass is 9.94. The van der Waals surface area contributed by atoms with E-state index in [2.05, 4.69) is 34.3 Å². The highest BCUT2D eigenvalue weighted by Crippen LogP contribution is 2.36. The van der Waals surface area contributed by atoms with Crippen molar-refractivity contribution in [2.45, 2.75) is 44.2 Å². The van der Waals surface area contributed by atoms with E-state index in [1.807, 2.05) is 9.58 Å². The van der Waals surface area contributed by atoms with E-state index in [1.54, 1.807) is 7.11 Å². The highest BCUT2D eigenvalue weighted by molar-refractivity contribution is 5.87. The molecule has 1 N–H and O–H groups in total. The molecule has 1 aromatic rings. The van der Waals surface area contributed by atoms with Crippen LogP contribution in [0.1, 0.15) is 44.5 Å². The molecule has 1 amide bonds. The molecule has 9 nitrogen and oxygen atoms in total. The number of hydrogen-bond acceptors (Lipinski definition) is 7. The van der Waals surface area contributed by atoms with Crippen molar-refractivity contribution in [2.24, 2.45) is 5.92 Å². The summed E-state index contributed by atoms with van der Waals surface area (Å²) in [5.74, 6) is 1.34. The average molecular weight is 393 g/mol. The summed E-state index contributed by atoms with van der Waals surface area (Å²) < 4.78 is 12.9. The van der Waals surface area contributed by atoms with Crippen molar-refractivity contribution in [1.82, 2.24) is 30.4 Å². The fourth-order valence-electron chi connectivity index (χ4n) is 3.59. The van der Waals surface area contributed by atoms with Crippen LogP contribution in [0.5, 0.6) is 0 Å². The van der Waals surface area contributed by atoms with Crippen LogP contribution in [0.4, 0.5) is 0 Å². The zero-order chi connectivity index (χ0) is 20.0. The Morgan fingerprint density at radius 3 is 2.71 bits per heavy atom. The Bertz CT molecular complexity index is 654. The highest BCUT2D eigenvalue weighted by atomic mass is 16.5. The molecule has 1 atom stereocenters. The summed E-state index contributed by atoms with van der Waals surface area (Å²) in [7, 11) is 1.66. The Labute approximate surface area is 166 Å². The van der Waals surface area contributed by atoms with Gasteiger partial charge in [-0.05, 0) is 61.6 Å². The molecule has 2 fully saturated rings. The quantitative estimate of drug-likeness (QED) is 0.442. The predicted octanol–water partition coefficient (Wildman–Crippen LogP) is 0.900. The molecule has 0 radical (unpaired) electrons. The van der Waals surface area contributed by atoms with Crippen LogP contribution in [0.3, 0.4) is 0 Å². The van der Waals surface area contributed by atoms with Crippen LogP contribution in [0.2, 0.25) is 0 Å². The SMILES string of the molecule is C=CC(=O)N1CCC(CNC(C)(COCCOC)c2nnnn2C2CC2)CC1. The molecule has 0 spiro atoms. The summed E-state index contributed by atoms with van der Waals surface area (Å²) >= 11 is 0. The van der Waals surface area contributed by atoms with Gasteiger partial charge in [-0.3, -0.25) is 4.79 Å². The first-order chi connectivity index (χ1) is 13.6. The summed E-state index contributed by atoms with van der Waals surface area (Å²) in [5, 5.41) is 16.1. The first kappa shape index (κ1) is 20.9. The molecular formula is C19H32N6O3. The molecule has 3 rings (SSSR count). The standard InChI is InChI=1S/C19H32N6O3/c1-4-17(26)24-9-7-15(8-10-24)13-20-19(2,14-28-12-11-27-3)18-21-22-23-25(18)16-5-6-16/h4,15-16,20H,1,5-14H2,2-3H3. The van der Waals surface area contributed by atoms with Gasteiger partial charge in [0.2, 0.25) is 5.91 Å². The number of carbonyl (C=O) groups excluding carboxylic acids is 1. The van der Waals surface area contributed by atoms with Gasteiger partial charge in [-0.25, -0.2) is 4.68 Å². The number of nitrogens with zero attached hydrogens (tertiary/aromatic N) is 5. The number of nitrogens with one attached hydrogen (secondary N) is 1. The van der Waals surface area contributed by atoms with Crippen molar-refractivity contribution in [3.05, 3.63) is 18.5 Å². The molecule has 2 heterocycles. The van der Waals surface area contributed by atoms with Gasteiger partial charge in [0.25, 0.3) is 0 Å². The Kier molecular flexibility index (Phi) is 7.14. The summed E-state index contributed by atoms with van der Waals surface area (Å²) in [5.41, 5.74) is -0.478. The number of aromatic nitrogens is 4. The van der Waals surface area contributed by atoms with Gasteiger partial charge in [0.15, 0.2) is 5.82 Å². The number of likely N-dealkylation sites (tertiary alicyclic amines) is 1.